The molecule has 5 nitrogen and oxygen atoms in total. The van der Waals surface area contributed by atoms with Crippen LogP contribution in [0.2, 0.25) is 0 Å². The van der Waals surface area contributed by atoms with E-state index < -0.39 is 0 Å². The highest BCUT2D eigenvalue weighted by atomic mass is 16.1. The standard InChI is InChI=1S/C9H8N4O/c1-7(14)8-3-2-4-11-9(8)13-6-10-5-12-13/h2-6H,1H3. The predicted molar refractivity (Wildman–Crippen MR) is 49.2 cm³/mol. The molecule has 0 aromatic carbocycles. The lowest BCUT2D eigenvalue weighted by Gasteiger charge is -2.03. The zero-order chi connectivity index (χ0) is 9.97. The first-order valence-electron chi connectivity index (χ1n) is 4.10. The number of pyridine rings is 1. The van der Waals surface area contributed by atoms with Gasteiger partial charge in [0.15, 0.2) is 11.6 Å². The zero-order valence-electron chi connectivity index (χ0n) is 7.58. The van der Waals surface area contributed by atoms with Crippen LogP contribution in [-0.2, 0) is 0 Å². The van der Waals surface area contributed by atoms with Crippen LogP contribution < -0.4 is 0 Å². The van der Waals surface area contributed by atoms with Gasteiger partial charge in [0.2, 0.25) is 0 Å². The van der Waals surface area contributed by atoms with Gasteiger partial charge < -0.3 is 0 Å². The summed E-state index contributed by atoms with van der Waals surface area (Å²) in [7, 11) is 0. The molecule has 0 bridgehead atoms. The minimum atomic E-state index is -0.0383. The third-order valence-electron chi connectivity index (χ3n) is 1.80. The van der Waals surface area contributed by atoms with Gasteiger partial charge in [0, 0.05) is 6.20 Å². The lowest BCUT2D eigenvalue weighted by atomic mass is 10.2. The van der Waals surface area contributed by atoms with Crippen molar-refractivity contribution < 1.29 is 4.79 Å². The summed E-state index contributed by atoms with van der Waals surface area (Å²) in [5, 5.41) is 3.92. The van der Waals surface area contributed by atoms with Crippen LogP contribution in [-0.4, -0.2) is 25.5 Å². The zero-order valence-corrected chi connectivity index (χ0v) is 7.58. The van der Waals surface area contributed by atoms with Gasteiger partial charge in [-0.05, 0) is 19.1 Å². The van der Waals surface area contributed by atoms with E-state index in [0.717, 1.165) is 0 Å². The van der Waals surface area contributed by atoms with E-state index in [4.69, 9.17) is 0 Å². The van der Waals surface area contributed by atoms with Crippen LogP contribution in [0.25, 0.3) is 5.82 Å². The van der Waals surface area contributed by atoms with Gasteiger partial charge in [-0.3, -0.25) is 4.79 Å². The Labute approximate surface area is 80.4 Å². The second-order valence-corrected chi connectivity index (χ2v) is 2.77. The van der Waals surface area contributed by atoms with Crippen LogP contribution in [0.3, 0.4) is 0 Å². The maximum Gasteiger partial charge on any atom is 0.166 e. The van der Waals surface area contributed by atoms with Crippen molar-refractivity contribution in [1.29, 1.82) is 0 Å². The third kappa shape index (κ3) is 1.39. The first kappa shape index (κ1) is 8.55. The summed E-state index contributed by atoms with van der Waals surface area (Å²) in [4.78, 5) is 19.1. The van der Waals surface area contributed by atoms with Gasteiger partial charge in [-0.1, -0.05) is 0 Å². The van der Waals surface area contributed by atoms with Gasteiger partial charge in [0.1, 0.15) is 12.7 Å². The Hall–Kier alpha value is -2.04. The second kappa shape index (κ2) is 3.37. The van der Waals surface area contributed by atoms with Crippen LogP contribution in [0.15, 0.2) is 31.0 Å². The summed E-state index contributed by atoms with van der Waals surface area (Å²) in [6.45, 7) is 1.50. The summed E-state index contributed by atoms with van der Waals surface area (Å²) in [6.07, 6.45) is 4.52. The predicted octanol–water partition coefficient (Wildman–Crippen LogP) is 0.865. The van der Waals surface area contributed by atoms with E-state index in [-0.39, 0.29) is 5.78 Å². The summed E-state index contributed by atoms with van der Waals surface area (Å²) in [5.41, 5.74) is 0.540. The molecule has 2 aromatic heterocycles. The van der Waals surface area contributed by atoms with Crippen molar-refractivity contribution in [3.05, 3.63) is 36.5 Å². The van der Waals surface area contributed by atoms with Gasteiger partial charge >= 0.3 is 0 Å². The van der Waals surface area contributed by atoms with Crippen molar-refractivity contribution in [2.24, 2.45) is 0 Å². The molecule has 0 aliphatic rings. The Kier molecular flexibility index (Phi) is 2.06. The molecular weight excluding hydrogens is 180 g/mol. The first-order chi connectivity index (χ1) is 6.79. The number of hydrogen-bond donors (Lipinski definition) is 0. The molecule has 0 N–H and O–H groups in total. The minimum Gasteiger partial charge on any atom is -0.294 e. The molecule has 0 fully saturated rings. The number of Topliss-reactive ketones (excluding diaryl/α,β-unsaturated/α-hetero) is 1. The van der Waals surface area contributed by atoms with Crippen LogP contribution >= 0.6 is 0 Å². The van der Waals surface area contributed by atoms with Crippen LogP contribution in [0.5, 0.6) is 0 Å². The fraction of sp³-hybridized carbons (Fsp3) is 0.111. The average molecular weight is 188 g/mol. The summed E-state index contributed by atoms with van der Waals surface area (Å²) >= 11 is 0. The van der Waals surface area contributed by atoms with Crippen molar-refractivity contribution in [1.82, 2.24) is 19.7 Å². The third-order valence-corrected chi connectivity index (χ3v) is 1.80. The average Bonchev–Trinajstić information content (AvgIpc) is 2.70. The molecule has 0 amide bonds. The van der Waals surface area contributed by atoms with Crippen molar-refractivity contribution >= 4 is 5.78 Å². The molecule has 0 atom stereocenters. The van der Waals surface area contributed by atoms with E-state index in [2.05, 4.69) is 15.1 Å². The smallest absolute Gasteiger partial charge is 0.166 e. The summed E-state index contributed by atoms with van der Waals surface area (Å²) in [5.74, 6) is 0.473. The molecule has 14 heavy (non-hydrogen) atoms. The lowest BCUT2D eigenvalue weighted by Crippen LogP contribution is -2.05. The van der Waals surface area contributed by atoms with E-state index >= 15 is 0 Å². The van der Waals surface area contributed by atoms with E-state index in [0.29, 0.717) is 11.4 Å². The Bertz CT molecular complexity index is 450. The molecule has 2 rings (SSSR count). The van der Waals surface area contributed by atoms with Gasteiger partial charge in [-0.25, -0.2) is 14.6 Å². The van der Waals surface area contributed by atoms with Crippen molar-refractivity contribution in [2.75, 3.05) is 0 Å². The van der Waals surface area contributed by atoms with E-state index in [9.17, 15) is 4.79 Å². The molecule has 0 radical (unpaired) electrons. The summed E-state index contributed by atoms with van der Waals surface area (Å²) in [6, 6.07) is 3.43. The van der Waals surface area contributed by atoms with Crippen LogP contribution in [0, 0.1) is 0 Å². The molecule has 5 heteroatoms. The lowest BCUT2D eigenvalue weighted by molar-refractivity contribution is 0.101. The maximum absolute atomic E-state index is 11.3. The molecule has 2 aromatic rings. The Morgan fingerprint density at radius 2 is 2.36 bits per heavy atom. The molecule has 0 unspecified atom stereocenters. The van der Waals surface area contributed by atoms with Gasteiger partial charge in [0.25, 0.3) is 0 Å². The minimum absolute atomic E-state index is 0.0383. The molecule has 0 aliphatic carbocycles. The highest BCUT2D eigenvalue weighted by Crippen LogP contribution is 2.09. The summed E-state index contributed by atoms with van der Waals surface area (Å²) < 4.78 is 1.47. The maximum atomic E-state index is 11.3. The van der Waals surface area contributed by atoms with E-state index in [1.54, 1.807) is 18.3 Å². The van der Waals surface area contributed by atoms with E-state index in [1.165, 1.54) is 24.3 Å². The van der Waals surface area contributed by atoms with Crippen molar-refractivity contribution in [3.63, 3.8) is 0 Å². The van der Waals surface area contributed by atoms with Crippen molar-refractivity contribution in [3.8, 4) is 5.82 Å². The number of hydrogen-bond acceptors (Lipinski definition) is 4. The topological polar surface area (TPSA) is 60.7 Å². The molecule has 0 saturated heterocycles. The largest absolute Gasteiger partial charge is 0.294 e. The quantitative estimate of drug-likeness (QED) is 0.656. The fourth-order valence-corrected chi connectivity index (χ4v) is 1.17. The second-order valence-electron chi connectivity index (χ2n) is 2.77. The molecule has 0 aliphatic heterocycles. The SMILES string of the molecule is CC(=O)c1cccnc1-n1cncn1. The van der Waals surface area contributed by atoms with Gasteiger partial charge in [0.05, 0.1) is 5.56 Å². The van der Waals surface area contributed by atoms with Crippen LogP contribution in [0.4, 0.5) is 0 Å². The fourth-order valence-electron chi connectivity index (χ4n) is 1.17. The highest BCUT2D eigenvalue weighted by molar-refractivity contribution is 5.96. The number of aromatic nitrogens is 4. The van der Waals surface area contributed by atoms with Gasteiger partial charge in [-0.15, -0.1) is 0 Å². The molecule has 2 heterocycles. The molecular formula is C9H8N4O. The van der Waals surface area contributed by atoms with E-state index in [1.807, 2.05) is 0 Å². The number of nitrogens with zero attached hydrogens (tertiary/aromatic N) is 4. The first-order valence-corrected chi connectivity index (χ1v) is 4.10. The van der Waals surface area contributed by atoms with Crippen LogP contribution in [0.1, 0.15) is 17.3 Å². The molecule has 70 valence electrons. The monoisotopic (exact) mass is 188 g/mol. The Morgan fingerprint density at radius 3 is 3.00 bits per heavy atom. The van der Waals surface area contributed by atoms with Crippen molar-refractivity contribution in [2.45, 2.75) is 6.92 Å². The molecule has 0 saturated carbocycles. The Morgan fingerprint density at radius 1 is 1.50 bits per heavy atom. The Balaban J connectivity index is 2.58. The number of ketones is 1. The molecule has 0 spiro atoms. The normalized spacial score (nSPS) is 10.1. The number of rotatable bonds is 2. The highest BCUT2D eigenvalue weighted by Gasteiger charge is 2.09. The number of carbonyl (C=O) groups excluding carboxylic acids is 1. The van der Waals surface area contributed by atoms with Gasteiger partial charge in [-0.2, -0.15) is 5.10 Å². The number of carbonyl (C=O) groups is 1.